The van der Waals surface area contributed by atoms with Crippen molar-refractivity contribution in [3.05, 3.63) is 41.7 Å². The number of nitrogens with zero attached hydrogens (tertiary/aromatic N) is 1. The minimum absolute atomic E-state index is 0.173. The van der Waals surface area contributed by atoms with Gasteiger partial charge in [-0.25, -0.2) is 4.79 Å². The Kier molecular flexibility index (Phi) is 5.05. The number of esters is 1. The fourth-order valence-electron chi connectivity index (χ4n) is 2.53. The van der Waals surface area contributed by atoms with Gasteiger partial charge in [0.05, 0.1) is 19.3 Å². The molecule has 0 radical (unpaired) electrons. The van der Waals surface area contributed by atoms with Crippen LogP contribution in [0.4, 0.5) is 0 Å². The fraction of sp³-hybridized carbons (Fsp3) is 0.412. The van der Waals surface area contributed by atoms with Crippen molar-refractivity contribution in [3.8, 4) is 11.3 Å². The first-order valence-electron chi connectivity index (χ1n) is 7.63. The van der Waals surface area contributed by atoms with E-state index in [1.807, 2.05) is 6.07 Å². The van der Waals surface area contributed by atoms with Crippen LogP contribution in [0.2, 0.25) is 0 Å². The van der Waals surface area contributed by atoms with Crippen molar-refractivity contribution in [2.45, 2.75) is 32.2 Å². The molecular weight excluding hydrogens is 298 g/mol. The minimum atomic E-state index is -0.385. The molecule has 0 spiro atoms. The Bertz CT molecular complexity index is 661. The fourth-order valence-corrected chi connectivity index (χ4v) is 2.53. The summed E-state index contributed by atoms with van der Waals surface area (Å²) in [5, 5.41) is 4.03. The summed E-state index contributed by atoms with van der Waals surface area (Å²) >= 11 is 0. The van der Waals surface area contributed by atoms with Gasteiger partial charge in [-0.3, -0.25) is 0 Å². The summed E-state index contributed by atoms with van der Waals surface area (Å²) in [4.78, 5) is 11.6. The quantitative estimate of drug-likeness (QED) is 0.789. The molecule has 0 N–H and O–H groups in total. The molecule has 0 aliphatic carbocycles. The van der Waals surface area contributed by atoms with E-state index in [0.717, 1.165) is 37.0 Å². The monoisotopic (exact) mass is 317 g/mol. The van der Waals surface area contributed by atoms with Crippen LogP contribution in [0.3, 0.4) is 0 Å². The second-order valence-electron chi connectivity index (χ2n) is 5.37. The van der Waals surface area contributed by atoms with Crippen LogP contribution < -0.4 is 0 Å². The first-order chi connectivity index (χ1) is 11.3. The lowest BCUT2D eigenvalue weighted by molar-refractivity contribution is -0.168. The standard InChI is InChI=1S/C17H19NO5/c1-20-17(19)13-6-4-5-12(9-13)16-14(11-23-18-16)10-22-15-7-2-3-8-21-15/h4-6,9,11,15H,2-3,7-8,10H2,1H3. The van der Waals surface area contributed by atoms with Crippen molar-refractivity contribution >= 4 is 5.97 Å². The van der Waals surface area contributed by atoms with Gasteiger partial charge in [0, 0.05) is 17.7 Å². The zero-order valence-corrected chi connectivity index (χ0v) is 13.0. The molecule has 0 amide bonds. The predicted molar refractivity (Wildman–Crippen MR) is 81.7 cm³/mol. The van der Waals surface area contributed by atoms with E-state index in [2.05, 4.69) is 5.16 Å². The zero-order valence-electron chi connectivity index (χ0n) is 13.0. The van der Waals surface area contributed by atoms with E-state index < -0.39 is 0 Å². The van der Waals surface area contributed by atoms with Crippen LogP contribution >= 0.6 is 0 Å². The van der Waals surface area contributed by atoms with E-state index in [-0.39, 0.29) is 12.3 Å². The second kappa shape index (κ2) is 7.39. The molecule has 6 nitrogen and oxygen atoms in total. The lowest BCUT2D eigenvalue weighted by Gasteiger charge is -2.22. The third-order valence-electron chi connectivity index (χ3n) is 3.76. The molecule has 3 rings (SSSR count). The average Bonchev–Trinajstić information content (AvgIpc) is 3.09. The highest BCUT2D eigenvalue weighted by molar-refractivity contribution is 5.90. The molecule has 1 aromatic carbocycles. The van der Waals surface area contributed by atoms with Gasteiger partial charge in [-0.2, -0.15) is 0 Å². The van der Waals surface area contributed by atoms with Gasteiger partial charge in [0.15, 0.2) is 6.29 Å². The molecule has 23 heavy (non-hydrogen) atoms. The zero-order chi connectivity index (χ0) is 16.1. The molecule has 0 bridgehead atoms. The number of hydrogen-bond acceptors (Lipinski definition) is 6. The molecule has 1 saturated heterocycles. The maximum atomic E-state index is 11.6. The first kappa shape index (κ1) is 15.7. The summed E-state index contributed by atoms with van der Waals surface area (Å²) < 4.78 is 21.1. The molecule has 0 saturated carbocycles. The number of benzene rings is 1. The number of carbonyl (C=O) groups is 1. The largest absolute Gasteiger partial charge is 0.465 e. The molecule has 122 valence electrons. The second-order valence-corrected chi connectivity index (χ2v) is 5.37. The van der Waals surface area contributed by atoms with Gasteiger partial charge in [0.25, 0.3) is 0 Å². The summed E-state index contributed by atoms with van der Waals surface area (Å²) in [6.45, 7) is 1.09. The van der Waals surface area contributed by atoms with Gasteiger partial charge < -0.3 is 18.7 Å². The van der Waals surface area contributed by atoms with Crippen molar-refractivity contribution in [1.82, 2.24) is 5.16 Å². The normalized spacial score (nSPS) is 17.9. The molecule has 1 aliphatic heterocycles. The van der Waals surface area contributed by atoms with E-state index in [0.29, 0.717) is 17.9 Å². The van der Waals surface area contributed by atoms with Crippen LogP contribution in [-0.4, -0.2) is 31.1 Å². The van der Waals surface area contributed by atoms with E-state index in [9.17, 15) is 4.79 Å². The minimum Gasteiger partial charge on any atom is -0.465 e. The van der Waals surface area contributed by atoms with Crippen LogP contribution in [0.1, 0.15) is 35.2 Å². The predicted octanol–water partition coefficient (Wildman–Crippen LogP) is 3.17. The Morgan fingerprint density at radius 3 is 3.09 bits per heavy atom. The van der Waals surface area contributed by atoms with Gasteiger partial charge >= 0.3 is 5.97 Å². The van der Waals surface area contributed by atoms with Gasteiger partial charge in [-0.1, -0.05) is 17.3 Å². The molecule has 6 heteroatoms. The van der Waals surface area contributed by atoms with E-state index in [1.165, 1.54) is 7.11 Å². The third kappa shape index (κ3) is 3.78. The molecule has 2 heterocycles. The van der Waals surface area contributed by atoms with E-state index in [4.69, 9.17) is 18.7 Å². The molecular formula is C17H19NO5. The lowest BCUT2D eigenvalue weighted by atomic mass is 10.1. The highest BCUT2D eigenvalue weighted by atomic mass is 16.7. The molecule has 1 unspecified atom stereocenters. The maximum Gasteiger partial charge on any atom is 0.337 e. The Hall–Kier alpha value is -2.18. The Balaban J connectivity index is 1.73. The van der Waals surface area contributed by atoms with E-state index in [1.54, 1.807) is 24.5 Å². The summed E-state index contributed by atoms with van der Waals surface area (Å²) in [7, 11) is 1.36. The topological polar surface area (TPSA) is 70.8 Å². The number of methoxy groups -OCH3 is 1. The molecule has 1 fully saturated rings. The molecule has 1 aliphatic rings. The summed E-state index contributed by atoms with van der Waals surface area (Å²) in [5.74, 6) is -0.385. The van der Waals surface area contributed by atoms with Crippen molar-refractivity contribution in [2.24, 2.45) is 0 Å². The van der Waals surface area contributed by atoms with Gasteiger partial charge in [-0.15, -0.1) is 0 Å². The highest BCUT2D eigenvalue weighted by Crippen LogP contribution is 2.25. The summed E-state index contributed by atoms with van der Waals surface area (Å²) in [5.41, 5.74) is 2.73. The number of ether oxygens (including phenoxy) is 3. The Morgan fingerprint density at radius 2 is 2.30 bits per heavy atom. The summed E-state index contributed by atoms with van der Waals surface area (Å²) in [6, 6.07) is 7.07. The summed E-state index contributed by atoms with van der Waals surface area (Å²) in [6.07, 6.45) is 4.48. The van der Waals surface area contributed by atoms with Crippen molar-refractivity contribution in [1.29, 1.82) is 0 Å². The van der Waals surface area contributed by atoms with Crippen LogP contribution in [0.25, 0.3) is 11.3 Å². The molecule has 1 aromatic heterocycles. The number of carbonyl (C=O) groups excluding carboxylic acids is 1. The van der Waals surface area contributed by atoms with Gasteiger partial charge in [-0.05, 0) is 31.4 Å². The lowest BCUT2D eigenvalue weighted by Crippen LogP contribution is -2.22. The first-order valence-corrected chi connectivity index (χ1v) is 7.63. The molecule has 1 atom stereocenters. The SMILES string of the molecule is COC(=O)c1cccc(-c2nocc2COC2CCCCO2)c1. The smallest absolute Gasteiger partial charge is 0.337 e. The van der Waals surface area contributed by atoms with Gasteiger partial charge in [0.1, 0.15) is 12.0 Å². The van der Waals surface area contributed by atoms with E-state index >= 15 is 0 Å². The average molecular weight is 317 g/mol. The van der Waals surface area contributed by atoms with Crippen LogP contribution in [0.15, 0.2) is 35.1 Å². The Morgan fingerprint density at radius 1 is 1.39 bits per heavy atom. The number of aromatic nitrogens is 1. The maximum absolute atomic E-state index is 11.6. The van der Waals surface area contributed by atoms with Crippen LogP contribution in [0.5, 0.6) is 0 Å². The van der Waals surface area contributed by atoms with Crippen molar-refractivity contribution in [2.75, 3.05) is 13.7 Å². The highest BCUT2D eigenvalue weighted by Gasteiger charge is 2.17. The number of rotatable bonds is 5. The van der Waals surface area contributed by atoms with Crippen LogP contribution in [0, 0.1) is 0 Å². The van der Waals surface area contributed by atoms with Gasteiger partial charge in [0.2, 0.25) is 0 Å². The van der Waals surface area contributed by atoms with Crippen molar-refractivity contribution < 1.29 is 23.5 Å². The van der Waals surface area contributed by atoms with Crippen LogP contribution in [-0.2, 0) is 20.8 Å². The Labute approximate surface area is 134 Å². The van der Waals surface area contributed by atoms with Crippen molar-refractivity contribution in [3.63, 3.8) is 0 Å². The third-order valence-corrected chi connectivity index (χ3v) is 3.76. The number of hydrogen-bond donors (Lipinski definition) is 0. The molecule has 2 aromatic rings.